The number of aryl methyl sites for hydroxylation is 1. The van der Waals surface area contributed by atoms with Crippen LogP contribution in [0.5, 0.6) is 0 Å². The Hall–Kier alpha value is -2.06. The van der Waals surface area contributed by atoms with Crippen LogP contribution in [-0.2, 0) is 6.42 Å². The Labute approximate surface area is 116 Å². The van der Waals surface area contributed by atoms with Crippen LogP contribution in [0.3, 0.4) is 0 Å². The van der Waals surface area contributed by atoms with Gasteiger partial charge in [-0.1, -0.05) is 24.3 Å². The van der Waals surface area contributed by atoms with E-state index in [0.29, 0.717) is 11.4 Å². The molecule has 1 aliphatic rings. The fraction of sp³-hybridized carbons (Fsp3) is 0.286. The van der Waals surface area contributed by atoms with Gasteiger partial charge < -0.3 is 11.1 Å². The molecule has 1 aliphatic carbocycles. The van der Waals surface area contributed by atoms with Crippen molar-refractivity contribution in [3.63, 3.8) is 0 Å². The van der Waals surface area contributed by atoms with Crippen LogP contribution in [0, 0.1) is 11.3 Å². The van der Waals surface area contributed by atoms with E-state index in [1.165, 1.54) is 22.7 Å². The summed E-state index contributed by atoms with van der Waals surface area (Å²) in [4.78, 5) is 0. The lowest BCUT2D eigenvalue weighted by Crippen LogP contribution is -2.17. The van der Waals surface area contributed by atoms with E-state index in [0.717, 1.165) is 24.3 Å². The van der Waals surface area contributed by atoms with Crippen LogP contribution in [-0.4, -0.2) is 4.37 Å². The lowest BCUT2D eigenvalue weighted by Gasteiger charge is -2.26. The highest BCUT2D eigenvalue weighted by Gasteiger charge is 2.22. The smallest absolute Gasteiger partial charge is 0.157 e. The summed E-state index contributed by atoms with van der Waals surface area (Å²) < 4.78 is 4.04. The van der Waals surface area contributed by atoms with Gasteiger partial charge in [0.05, 0.1) is 6.04 Å². The van der Waals surface area contributed by atoms with Crippen LogP contribution in [0.2, 0.25) is 0 Å². The van der Waals surface area contributed by atoms with Gasteiger partial charge >= 0.3 is 0 Å². The highest BCUT2D eigenvalue weighted by molar-refractivity contribution is 7.10. The van der Waals surface area contributed by atoms with Crippen molar-refractivity contribution in [2.75, 3.05) is 11.1 Å². The number of fused-ring (bicyclic) bond motifs is 1. The van der Waals surface area contributed by atoms with Gasteiger partial charge in [-0.3, -0.25) is 0 Å². The van der Waals surface area contributed by atoms with Crippen LogP contribution in [0.1, 0.15) is 35.6 Å². The highest BCUT2D eigenvalue weighted by atomic mass is 32.1. The number of nitrogen functional groups attached to an aromatic ring is 1. The summed E-state index contributed by atoms with van der Waals surface area (Å²) in [5, 5.41) is 13.3. The van der Waals surface area contributed by atoms with Crippen molar-refractivity contribution in [1.82, 2.24) is 4.37 Å². The lowest BCUT2D eigenvalue weighted by molar-refractivity contribution is 0.601. The zero-order valence-electron chi connectivity index (χ0n) is 10.4. The normalized spacial score (nSPS) is 17.5. The maximum Gasteiger partial charge on any atom is 0.157 e. The molecule has 1 atom stereocenters. The molecule has 19 heavy (non-hydrogen) atoms. The van der Waals surface area contributed by atoms with Crippen LogP contribution in [0.4, 0.5) is 10.8 Å². The Bertz CT molecular complexity index is 641. The molecule has 0 fully saturated rings. The molecule has 1 unspecified atom stereocenters. The quantitative estimate of drug-likeness (QED) is 0.879. The molecular weight excluding hydrogens is 256 g/mol. The summed E-state index contributed by atoms with van der Waals surface area (Å²) in [5.74, 6) is 0.319. The maximum absolute atomic E-state index is 9.11. The van der Waals surface area contributed by atoms with Crippen molar-refractivity contribution in [3.05, 3.63) is 41.0 Å². The Kier molecular flexibility index (Phi) is 3.10. The van der Waals surface area contributed by atoms with Crippen LogP contribution in [0.25, 0.3) is 0 Å². The summed E-state index contributed by atoms with van der Waals surface area (Å²) in [6.45, 7) is 0. The van der Waals surface area contributed by atoms with Gasteiger partial charge in [0.1, 0.15) is 16.6 Å². The molecule has 96 valence electrons. The summed E-state index contributed by atoms with van der Waals surface area (Å²) in [5.41, 5.74) is 8.87. The average molecular weight is 270 g/mol. The second-order valence-electron chi connectivity index (χ2n) is 4.67. The molecule has 0 bridgehead atoms. The number of benzene rings is 1. The number of nitrogens with one attached hydrogen (secondary N) is 1. The molecule has 0 spiro atoms. The number of nitrogens with zero attached hydrogens (tertiary/aromatic N) is 2. The Morgan fingerprint density at radius 3 is 3.11 bits per heavy atom. The molecule has 5 heteroatoms. The fourth-order valence-corrected chi connectivity index (χ4v) is 3.29. The zero-order chi connectivity index (χ0) is 13.2. The van der Waals surface area contributed by atoms with E-state index in [1.54, 1.807) is 0 Å². The van der Waals surface area contributed by atoms with Crippen LogP contribution >= 0.6 is 11.5 Å². The van der Waals surface area contributed by atoms with Gasteiger partial charge in [0.15, 0.2) is 5.82 Å². The lowest BCUT2D eigenvalue weighted by atomic mass is 9.88. The van der Waals surface area contributed by atoms with Crippen molar-refractivity contribution in [2.24, 2.45) is 0 Å². The molecule has 3 rings (SSSR count). The topological polar surface area (TPSA) is 74.7 Å². The monoisotopic (exact) mass is 270 g/mol. The molecule has 0 saturated heterocycles. The molecule has 2 aromatic rings. The van der Waals surface area contributed by atoms with Gasteiger partial charge in [0, 0.05) is 0 Å². The van der Waals surface area contributed by atoms with Gasteiger partial charge in [-0.25, -0.2) is 0 Å². The fourth-order valence-electron chi connectivity index (χ4n) is 2.57. The third-order valence-corrected chi connectivity index (χ3v) is 4.30. The number of nitrogens with two attached hydrogens (primary N) is 1. The summed E-state index contributed by atoms with van der Waals surface area (Å²) >= 11 is 1.26. The summed E-state index contributed by atoms with van der Waals surface area (Å²) in [7, 11) is 0. The summed E-state index contributed by atoms with van der Waals surface area (Å²) in [6, 6.07) is 10.8. The molecular formula is C14H14N4S. The van der Waals surface area contributed by atoms with E-state index in [1.807, 2.05) is 0 Å². The molecule has 1 aromatic carbocycles. The first-order chi connectivity index (χ1) is 9.29. The summed E-state index contributed by atoms with van der Waals surface area (Å²) in [6.07, 6.45) is 3.36. The molecule has 3 N–H and O–H groups in total. The van der Waals surface area contributed by atoms with Crippen molar-refractivity contribution in [1.29, 1.82) is 5.26 Å². The molecule has 0 saturated carbocycles. The minimum Gasteiger partial charge on any atom is -0.382 e. The highest BCUT2D eigenvalue weighted by Crippen LogP contribution is 2.35. The Balaban J connectivity index is 1.91. The third kappa shape index (κ3) is 2.15. The molecule has 4 nitrogen and oxygen atoms in total. The van der Waals surface area contributed by atoms with Crippen molar-refractivity contribution < 1.29 is 0 Å². The zero-order valence-corrected chi connectivity index (χ0v) is 11.2. The standard InChI is InChI=1S/C14H14N4S/c15-8-11-13(16)18-19-14(11)17-12-7-3-5-9-4-1-2-6-10(9)12/h1-2,4,6,12,17H,3,5,7H2,(H2,16,18). The number of aromatic nitrogens is 1. The molecule has 0 aliphatic heterocycles. The van der Waals surface area contributed by atoms with Gasteiger partial charge in [-0.05, 0) is 41.9 Å². The van der Waals surface area contributed by atoms with Crippen LogP contribution in [0.15, 0.2) is 24.3 Å². The first-order valence-electron chi connectivity index (χ1n) is 6.29. The van der Waals surface area contributed by atoms with E-state index in [-0.39, 0.29) is 6.04 Å². The third-order valence-electron chi connectivity index (χ3n) is 3.51. The van der Waals surface area contributed by atoms with E-state index in [2.05, 4.69) is 40.0 Å². The number of nitriles is 1. The second kappa shape index (κ2) is 4.90. The molecule has 0 amide bonds. The molecule has 1 heterocycles. The Morgan fingerprint density at radius 1 is 1.42 bits per heavy atom. The van der Waals surface area contributed by atoms with Gasteiger partial charge in [-0.2, -0.15) is 9.64 Å². The van der Waals surface area contributed by atoms with E-state index in [4.69, 9.17) is 11.0 Å². The predicted octanol–water partition coefficient (Wildman–Crippen LogP) is 3.09. The predicted molar refractivity (Wildman–Crippen MR) is 77.0 cm³/mol. The number of anilines is 2. The van der Waals surface area contributed by atoms with E-state index >= 15 is 0 Å². The number of hydrogen-bond donors (Lipinski definition) is 2. The minimum absolute atomic E-state index is 0.247. The van der Waals surface area contributed by atoms with E-state index < -0.39 is 0 Å². The van der Waals surface area contributed by atoms with Gasteiger partial charge in [0.25, 0.3) is 0 Å². The number of rotatable bonds is 2. The van der Waals surface area contributed by atoms with Crippen molar-refractivity contribution in [2.45, 2.75) is 25.3 Å². The average Bonchev–Trinajstić information content (AvgIpc) is 2.79. The van der Waals surface area contributed by atoms with Crippen molar-refractivity contribution >= 4 is 22.4 Å². The largest absolute Gasteiger partial charge is 0.382 e. The second-order valence-corrected chi connectivity index (χ2v) is 5.45. The minimum atomic E-state index is 0.247. The Morgan fingerprint density at radius 2 is 2.26 bits per heavy atom. The van der Waals surface area contributed by atoms with Gasteiger partial charge in [0.2, 0.25) is 0 Å². The van der Waals surface area contributed by atoms with Gasteiger partial charge in [-0.15, -0.1) is 0 Å². The maximum atomic E-state index is 9.11. The van der Waals surface area contributed by atoms with Crippen LogP contribution < -0.4 is 11.1 Å². The molecule has 0 radical (unpaired) electrons. The van der Waals surface area contributed by atoms with Crippen molar-refractivity contribution in [3.8, 4) is 6.07 Å². The molecule has 1 aromatic heterocycles. The first-order valence-corrected chi connectivity index (χ1v) is 7.06. The van der Waals surface area contributed by atoms with E-state index in [9.17, 15) is 0 Å². The first kappa shape index (κ1) is 12.0. The SMILES string of the molecule is N#Cc1c(N)nsc1NC1CCCc2ccccc21. The number of hydrogen-bond acceptors (Lipinski definition) is 5.